The molecule has 0 radical (unpaired) electrons. The van der Waals surface area contributed by atoms with Crippen LogP contribution in [0.1, 0.15) is 59.8 Å². The molecule has 0 aromatic carbocycles. The first-order valence-electron chi connectivity index (χ1n) is 6.81. The van der Waals surface area contributed by atoms with Crippen LogP contribution in [0.5, 0.6) is 0 Å². The minimum absolute atomic E-state index is 0.175. The van der Waals surface area contributed by atoms with E-state index < -0.39 is 0 Å². The Hall–Kier alpha value is -0.530. The zero-order chi connectivity index (χ0) is 12.6. The third-order valence-electron chi connectivity index (χ3n) is 3.49. The highest BCUT2D eigenvalue weighted by Crippen LogP contribution is 2.15. The largest absolute Gasteiger partial charge is 0.345 e. The Bertz CT molecular complexity index is 191. The second-order valence-corrected chi connectivity index (χ2v) is 4.94. The maximum atomic E-state index is 11.9. The molecule has 2 heteroatoms. The summed E-state index contributed by atoms with van der Waals surface area (Å²) in [5, 5.41) is 0. The van der Waals surface area contributed by atoms with Crippen molar-refractivity contribution in [1.82, 2.24) is 4.90 Å². The minimum atomic E-state index is 0.175. The summed E-state index contributed by atoms with van der Waals surface area (Å²) in [6.45, 7) is 9.47. The summed E-state index contributed by atoms with van der Waals surface area (Å²) in [7, 11) is 1.95. The highest BCUT2D eigenvalue weighted by Gasteiger charge is 2.18. The number of rotatable bonds is 8. The third kappa shape index (κ3) is 5.53. The van der Waals surface area contributed by atoms with Crippen LogP contribution in [0.2, 0.25) is 0 Å². The van der Waals surface area contributed by atoms with Gasteiger partial charge < -0.3 is 4.90 Å². The zero-order valence-electron chi connectivity index (χ0n) is 11.8. The molecule has 0 saturated heterocycles. The van der Waals surface area contributed by atoms with E-state index in [2.05, 4.69) is 20.8 Å². The van der Waals surface area contributed by atoms with Crippen LogP contribution in [0.25, 0.3) is 0 Å². The van der Waals surface area contributed by atoms with Crippen molar-refractivity contribution >= 4 is 5.91 Å². The molecule has 0 aromatic rings. The van der Waals surface area contributed by atoms with Crippen molar-refractivity contribution < 1.29 is 4.79 Å². The number of hydrogen-bond donors (Lipinski definition) is 0. The first kappa shape index (κ1) is 15.5. The van der Waals surface area contributed by atoms with Gasteiger partial charge in [0.1, 0.15) is 0 Å². The van der Waals surface area contributed by atoms with E-state index in [-0.39, 0.29) is 5.92 Å². The molecule has 2 unspecified atom stereocenters. The summed E-state index contributed by atoms with van der Waals surface area (Å²) in [6.07, 6.45) is 5.90. The van der Waals surface area contributed by atoms with Gasteiger partial charge in [0.15, 0.2) is 0 Å². The van der Waals surface area contributed by atoms with E-state index in [9.17, 15) is 4.79 Å². The Morgan fingerprint density at radius 1 is 1.19 bits per heavy atom. The molecular formula is C14H29NO. The van der Waals surface area contributed by atoms with Crippen molar-refractivity contribution in [1.29, 1.82) is 0 Å². The van der Waals surface area contributed by atoms with Gasteiger partial charge in [-0.3, -0.25) is 4.79 Å². The van der Waals surface area contributed by atoms with Gasteiger partial charge in [-0.2, -0.15) is 0 Å². The SMILES string of the molecule is CCCCC(CC)CN(C)C(=O)C(C)CC. The van der Waals surface area contributed by atoms with E-state index in [1.807, 2.05) is 18.9 Å². The Morgan fingerprint density at radius 3 is 2.25 bits per heavy atom. The van der Waals surface area contributed by atoms with Crippen LogP contribution >= 0.6 is 0 Å². The van der Waals surface area contributed by atoms with Crippen LogP contribution in [0, 0.1) is 11.8 Å². The molecule has 0 rings (SSSR count). The summed E-state index contributed by atoms with van der Waals surface area (Å²) in [5.74, 6) is 1.16. The molecule has 0 fully saturated rings. The molecule has 2 atom stereocenters. The maximum absolute atomic E-state index is 11.9. The lowest BCUT2D eigenvalue weighted by atomic mass is 9.98. The lowest BCUT2D eigenvalue weighted by Gasteiger charge is -2.25. The average Bonchev–Trinajstić information content (AvgIpc) is 2.31. The van der Waals surface area contributed by atoms with Crippen LogP contribution in [0.15, 0.2) is 0 Å². The lowest BCUT2D eigenvalue weighted by Crippen LogP contribution is -2.35. The van der Waals surface area contributed by atoms with E-state index in [0.29, 0.717) is 11.8 Å². The Labute approximate surface area is 101 Å². The van der Waals surface area contributed by atoms with Gasteiger partial charge in [-0.1, -0.05) is 47.0 Å². The van der Waals surface area contributed by atoms with Crippen molar-refractivity contribution in [3.63, 3.8) is 0 Å². The molecular weight excluding hydrogens is 198 g/mol. The van der Waals surface area contributed by atoms with Crippen LogP contribution in [-0.2, 0) is 4.79 Å². The van der Waals surface area contributed by atoms with Gasteiger partial charge >= 0.3 is 0 Å². The van der Waals surface area contributed by atoms with E-state index in [1.54, 1.807) is 0 Å². The second-order valence-electron chi connectivity index (χ2n) is 4.94. The number of unbranched alkanes of at least 4 members (excludes halogenated alkanes) is 1. The summed E-state index contributed by atoms with van der Waals surface area (Å²) in [6, 6.07) is 0. The number of hydrogen-bond acceptors (Lipinski definition) is 1. The average molecular weight is 227 g/mol. The molecule has 0 aliphatic carbocycles. The number of carbonyl (C=O) groups excluding carboxylic acids is 1. The molecule has 0 aliphatic heterocycles. The van der Waals surface area contributed by atoms with E-state index in [1.165, 1.54) is 25.7 Å². The Kier molecular flexibility index (Phi) is 8.32. The molecule has 0 aromatic heterocycles. The quantitative estimate of drug-likeness (QED) is 0.619. The number of amides is 1. The van der Waals surface area contributed by atoms with E-state index >= 15 is 0 Å². The molecule has 16 heavy (non-hydrogen) atoms. The smallest absolute Gasteiger partial charge is 0.225 e. The molecule has 96 valence electrons. The minimum Gasteiger partial charge on any atom is -0.345 e. The monoisotopic (exact) mass is 227 g/mol. The van der Waals surface area contributed by atoms with Crippen LogP contribution in [-0.4, -0.2) is 24.4 Å². The first-order chi connectivity index (χ1) is 7.56. The third-order valence-corrected chi connectivity index (χ3v) is 3.49. The van der Waals surface area contributed by atoms with Gasteiger partial charge in [0.2, 0.25) is 5.91 Å². The molecule has 2 nitrogen and oxygen atoms in total. The standard InChI is InChI=1S/C14H29NO/c1-6-9-10-13(8-3)11-15(5)14(16)12(4)7-2/h12-13H,6-11H2,1-5H3. The fourth-order valence-corrected chi connectivity index (χ4v) is 1.95. The molecule has 0 heterocycles. The van der Waals surface area contributed by atoms with Gasteiger partial charge in [-0.15, -0.1) is 0 Å². The predicted octanol–water partition coefficient (Wildman–Crippen LogP) is 3.71. The fourth-order valence-electron chi connectivity index (χ4n) is 1.95. The molecule has 0 saturated carbocycles. The van der Waals surface area contributed by atoms with E-state index in [4.69, 9.17) is 0 Å². The number of nitrogens with zero attached hydrogens (tertiary/aromatic N) is 1. The molecule has 0 aliphatic rings. The fraction of sp³-hybridized carbons (Fsp3) is 0.929. The first-order valence-corrected chi connectivity index (χ1v) is 6.81. The van der Waals surface area contributed by atoms with Gasteiger partial charge in [0.25, 0.3) is 0 Å². The van der Waals surface area contributed by atoms with Crippen molar-refractivity contribution in [2.75, 3.05) is 13.6 Å². The normalized spacial score (nSPS) is 14.6. The van der Waals surface area contributed by atoms with Crippen molar-refractivity contribution in [3.8, 4) is 0 Å². The molecule has 0 bridgehead atoms. The topological polar surface area (TPSA) is 20.3 Å². The Balaban J connectivity index is 4.08. The van der Waals surface area contributed by atoms with Crippen molar-refractivity contribution in [2.24, 2.45) is 11.8 Å². The summed E-state index contributed by atoms with van der Waals surface area (Å²) < 4.78 is 0. The van der Waals surface area contributed by atoms with Crippen molar-refractivity contribution in [2.45, 2.75) is 59.8 Å². The molecule has 0 N–H and O–H groups in total. The van der Waals surface area contributed by atoms with Crippen LogP contribution in [0.3, 0.4) is 0 Å². The number of carbonyl (C=O) groups is 1. The summed E-state index contributed by atoms with van der Waals surface area (Å²) in [4.78, 5) is 13.9. The highest BCUT2D eigenvalue weighted by atomic mass is 16.2. The van der Waals surface area contributed by atoms with Gasteiger partial charge in [-0.25, -0.2) is 0 Å². The Morgan fingerprint density at radius 2 is 1.81 bits per heavy atom. The highest BCUT2D eigenvalue weighted by molar-refractivity contribution is 5.78. The zero-order valence-corrected chi connectivity index (χ0v) is 11.8. The maximum Gasteiger partial charge on any atom is 0.225 e. The van der Waals surface area contributed by atoms with Gasteiger partial charge in [0.05, 0.1) is 0 Å². The van der Waals surface area contributed by atoms with Crippen LogP contribution < -0.4 is 0 Å². The van der Waals surface area contributed by atoms with Gasteiger partial charge in [0, 0.05) is 19.5 Å². The second kappa shape index (κ2) is 8.60. The van der Waals surface area contributed by atoms with Crippen molar-refractivity contribution in [3.05, 3.63) is 0 Å². The predicted molar refractivity (Wildman–Crippen MR) is 70.4 cm³/mol. The van der Waals surface area contributed by atoms with Gasteiger partial charge in [-0.05, 0) is 18.8 Å². The van der Waals surface area contributed by atoms with E-state index in [0.717, 1.165) is 13.0 Å². The summed E-state index contributed by atoms with van der Waals surface area (Å²) in [5.41, 5.74) is 0. The molecule has 0 spiro atoms. The lowest BCUT2D eigenvalue weighted by molar-refractivity contribution is -0.134. The summed E-state index contributed by atoms with van der Waals surface area (Å²) >= 11 is 0. The molecule has 1 amide bonds. The van der Waals surface area contributed by atoms with Crippen LogP contribution in [0.4, 0.5) is 0 Å².